The Labute approximate surface area is 134 Å². The fraction of sp³-hybridized carbons (Fsp3) is 0.588. The van der Waals surface area contributed by atoms with Crippen molar-refractivity contribution in [1.82, 2.24) is 9.88 Å². The second-order valence-corrected chi connectivity index (χ2v) is 6.70. The van der Waals surface area contributed by atoms with Crippen LogP contribution in [0.2, 0.25) is 0 Å². The topological polar surface area (TPSA) is 49.5 Å². The maximum Gasteiger partial charge on any atom is 0.203 e. The van der Waals surface area contributed by atoms with Gasteiger partial charge in [-0.2, -0.15) is 4.39 Å². The molecule has 0 bridgehead atoms. The minimum Gasteiger partial charge on any atom is -0.437 e. The number of oxazole rings is 1. The third kappa shape index (κ3) is 2.97. The van der Waals surface area contributed by atoms with Gasteiger partial charge in [-0.1, -0.05) is 13.8 Å². The molecule has 1 N–H and O–H groups in total. The quantitative estimate of drug-likeness (QED) is 0.934. The minimum absolute atomic E-state index is 0.00428. The third-order valence-corrected chi connectivity index (χ3v) is 4.58. The fourth-order valence-electron chi connectivity index (χ4n) is 3.26. The monoisotopic (exact) mass is 324 g/mol. The average molecular weight is 324 g/mol. The summed E-state index contributed by atoms with van der Waals surface area (Å²) in [5.74, 6) is -1.49. The van der Waals surface area contributed by atoms with Crippen LogP contribution in [0.4, 0.5) is 8.78 Å². The highest BCUT2D eigenvalue weighted by Crippen LogP contribution is 2.29. The second kappa shape index (κ2) is 6.17. The molecule has 1 heterocycles. The number of aromatic nitrogens is 1. The Morgan fingerprint density at radius 3 is 2.70 bits per heavy atom. The van der Waals surface area contributed by atoms with E-state index in [1.54, 1.807) is 6.07 Å². The van der Waals surface area contributed by atoms with E-state index in [-0.39, 0.29) is 29.7 Å². The first-order chi connectivity index (χ1) is 10.9. The molecule has 3 rings (SSSR count). The highest BCUT2D eigenvalue weighted by atomic mass is 19.2. The molecule has 2 unspecified atom stereocenters. The molecule has 0 spiro atoms. The molecule has 126 valence electrons. The molecule has 1 aromatic carbocycles. The van der Waals surface area contributed by atoms with Gasteiger partial charge in [0.05, 0.1) is 6.10 Å². The molecule has 6 heteroatoms. The SMILES string of the molecule is CC(C)c1nc2cc(CN(C)C3CCCC3O)c(F)c(F)c2o1. The summed E-state index contributed by atoms with van der Waals surface area (Å²) in [5.41, 5.74) is 0.446. The number of hydrogen-bond acceptors (Lipinski definition) is 4. The molecular formula is C17H22F2N2O2. The van der Waals surface area contributed by atoms with E-state index in [2.05, 4.69) is 4.98 Å². The first-order valence-electron chi connectivity index (χ1n) is 8.04. The van der Waals surface area contributed by atoms with Crippen LogP contribution in [0, 0.1) is 11.6 Å². The van der Waals surface area contributed by atoms with Crippen molar-refractivity contribution < 1.29 is 18.3 Å². The lowest BCUT2D eigenvalue weighted by Crippen LogP contribution is -2.37. The first kappa shape index (κ1) is 16.3. The predicted molar refractivity (Wildman–Crippen MR) is 83.1 cm³/mol. The highest BCUT2D eigenvalue weighted by Gasteiger charge is 2.29. The summed E-state index contributed by atoms with van der Waals surface area (Å²) in [7, 11) is 1.82. The molecule has 2 aromatic rings. The molecule has 2 atom stereocenters. The zero-order chi connectivity index (χ0) is 16.7. The van der Waals surface area contributed by atoms with Gasteiger partial charge < -0.3 is 9.52 Å². The highest BCUT2D eigenvalue weighted by molar-refractivity contribution is 5.74. The summed E-state index contributed by atoms with van der Waals surface area (Å²) < 4.78 is 33.9. The predicted octanol–water partition coefficient (Wildman–Crippen LogP) is 3.57. The van der Waals surface area contributed by atoms with Crippen LogP contribution < -0.4 is 0 Å². The van der Waals surface area contributed by atoms with Gasteiger partial charge >= 0.3 is 0 Å². The van der Waals surface area contributed by atoms with E-state index in [4.69, 9.17) is 4.42 Å². The first-order valence-corrected chi connectivity index (χ1v) is 8.04. The van der Waals surface area contributed by atoms with Crippen LogP contribution in [-0.4, -0.2) is 34.2 Å². The van der Waals surface area contributed by atoms with Crippen molar-refractivity contribution in [3.63, 3.8) is 0 Å². The number of benzene rings is 1. The molecule has 1 aliphatic rings. The van der Waals surface area contributed by atoms with Crippen molar-refractivity contribution >= 4 is 11.1 Å². The van der Waals surface area contributed by atoms with Gasteiger partial charge in [0.1, 0.15) is 5.52 Å². The van der Waals surface area contributed by atoms with Gasteiger partial charge in [-0.15, -0.1) is 0 Å². The molecule has 0 saturated heterocycles. The van der Waals surface area contributed by atoms with Crippen LogP contribution in [0.25, 0.3) is 11.1 Å². The Bertz CT molecular complexity index is 714. The standard InChI is InChI=1S/C17H22F2N2O2/c1-9(2)17-20-11-7-10(14(18)15(19)16(11)23-17)8-21(3)12-5-4-6-13(12)22/h7,9,12-13,22H,4-6,8H2,1-3H3. The molecule has 0 aliphatic heterocycles. The number of aliphatic hydroxyl groups excluding tert-OH is 1. The average Bonchev–Trinajstić information content (AvgIpc) is 3.10. The van der Waals surface area contributed by atoms with Gasteiger partial charge in [0.25, 0.3) is 0 Å². The lowest BCUT2D eigenvalue weighted by molar-refractivity contribution is 0.0818. The Kier molecular flexibility index (Phi) is 4.38. The number of rotatable bonds is 4. The minimum atomic E-state index is -0.989. The van der Waals surface area contributed by atoms with E-state index in [0.29, 0.717) is 11.4 Å². The van der Waals surface area contributed by atoms with Crippen molar-refractivity contribution in [3.8, 4) is 0 Å². The fourth-order valence-corrected chi connectivity index (χ4v) is 3.26. The maximum absolute atomic E-state index is 14.3. The molecule has 0 radical (unpaired) electrons. The zero-order valence-electron chi connectivity index (χ0n) is 13.6. The Hall–Kier alpha value is -1.53. The van der Waals surface area contributed by atoms with Gasteiger partial charge in [0, 0.05) is 24.1 Å². The molecule has 4 nitrogen and oxygen atoms in total. The van der Waals surface area contributed by atoms with E-state index in [9.17, 15) is 13.9 Å². The smallest absolute Gasteiger partial charge is 0.203 e. The summed E-state index contributed by atoms with van der Waals surface area (Å²) in [4.78, 5) is 6.13. The van der Waals surface area contributed by atoms with Crippen LogP contribution in [0.15, 0.2) is 10.5 Å². The summed E-state index contributed by atoms with van der Waals surface area (Å²) in [6.45, 7) is 3.99. The Morgan fingerprint density at radius 2 is 2.09 bits per heavy atom. The Morgan fingerprint density at radius 1 is 1.35 bits per heavy atom. The van der Waals surface area contributed by atoms with E-state index in [1.165, 1.54) is 0 Å². The van der Waals surface area contributed by atoms with E-state index in [0.717, 1.165) is 19.3 Å². The van der Waals surface area contributed by atoms with Crippen molar-refractivity contribution in [2.75, 3.05) is 7.05 Å². The summed E-state index contributed by atoms with van der Waals surface area (Å²) in [5, 5.41) is 9.96. The number of halogens is 2. The number of hydrogen-bond donors (Lipinski definition) is 1. The van der Waals surface area contributed by atoms with Crippen LogP contribution in [-0.2, 0) is 6.54 Å². The third-order valence-electron chi connectivity index (χ3n) is 4.58. The van der Waals surface area contributed by atoms with E-state index < -0.39 is 17.7 Å². The molecule has 1 aromatic heterocycles. The Balaban J connectivity index is 1.92. The number of fused-ring (bicyclic) bond motifs is 1. The summed E-state index contributed by atoms with van der Waals surface area (Å²) >= 11 is 0. The largest absolute Gasteiger partial charge is 0.437 e. The van der Waals surface area contributed by atoms with E-state index >= 15 is 0 Å². The van der Waals surface area contributed by atoms with Gasteiger partial charge in [0.2, 0.25) is 5.82 Å². The van der Waals surface area contributed by atoms with Crippen molar-refractivity contribution in [2.45, 2.75) is 57.7 Å². The zero-order valence-corrected chi connectivity index (χ0v) is 13.6. The van der Waals surface area contributed by atoms with Crippen LogP contribution in [0.5, 0.6) is 0 Å². The molecule has 23 heavy (non-hydrogen) atoms. The maximum atomic E-state index is 14.3. The van der Waals surface area contributed by atoms with Crippen LogP contribution in [0.3, 0.4) is 0 Å². The van der Waals surface area contributed by atoms with Crippen molar-refractivity contribution in [3.05, 3.63) is 29.2 Å². The normalized spacial score (nSPS) is 21.9. The molecule has 0 amide bonds. The van der Waals surface area contributed by atoms with E-state index in [1.807, 2.05) is 25.8 Å². The summed E-state index contributed by atoms with van der Waals surface area (Å²) in [6, 6.07) is 1.53. The van der Waals surface area contributed by atoms with Crippen molar-refractivity contribution in [1.29, 1.82) is 0 Å². The summed E-state index contributed by atoms with van der Waals surface area (Å²) in [6.07, 6.45) is 2.17. The van der Waals surface area contributed by atoms with Crippen LogP contribution in [0.1, 0.15) is 50.5 Å². The van der Waals surface area contributed by atoms with Gasteiger partial charge in [-0.3, -0.25) is 4.90 Å². The number of aliphatic hydroxyl groups is 1. The molecule has 1 aliphatic carbocycles. The van der Waals surface area contributed by atoms with Crippen molar-refractivity contribution in [2.24, 2.45) is 0 Å². The van der Waals surface area contributed by atoms with Gasteiger partial charge in [0.15, 0.2) is 17.3 Å². The lowest BCUT2D eigenvalue weighted by atomic mass is 10.1. The molecular weight excluding hydrogens is 302 g/mol. The van der Waals surface area contributed by atoms with Crippen LogP contribution >= 0.6 is 0 Å². The molecule has 1 saturated carbocycles. The molecule has 1 fully saturated rings. The van der Waals surface area contributed by atoms with Gasteiger partial charge in [-0.05, 0) is 32.4 Å². The van der Waals surface area contributed by atoms with Gasteiger partial charge in [-0.25, -0.2) is 9.37 Å². The second-order valence-electron chi connectivity index (χ2n) is 6.70. The lowest BCUT2D eigenvalue weighted by Gasteiger charge is -2.27. The number of likely N-dealkylation sites (N-methyl/N-ethyl adjacent to an activating group) is 1. The number of nitrogens with zero attached hydrogens (tertiary/aromatic N) is 2.